The smallest absolute Gasteiger partial charge is 0.270 e. The number of para-hydroxylation sites is 1. The van der Waals surface area contributed by atoms with Crippen LogP contribution in [0, 0.1) is 0 Å². The molecule has 23 heavy (non-hydrogen) atoms. The first-order chi connectivity index (χ1) is 11.1. The lowest BCUT2D eigenvalue weighted by molar-refractivity contribution is -0.115. The van der Waals surface area contributed by atoms with Crippen LogP contribution in [0.25, 0.3) is 10.2 Å². The van der Waals surface area contributed by atoms with Crippen LogP contribution >= 0.6 is 22.9 Å². The Labute approximate surface area is 140 Å². The summed E-state index contributed by atoms with van der Waals surface area (Å²) in [6.07, 6.45) is 1.43. The number of nitrogens with zero attached hydrogens (tertiary/aromatic N) is 2. The van der Waals surface area contributed by atoms with Crippen molar-refractivity contribution in [3.63, 3.8) is 0 Å². The summed E-state index contributed by atoms with van der Waals surface area (Å²) in [4.78, 5) is 31.9. The summed E-state index contributed by atoms with van der Waals surface area (Å²) in [5, 5.41) is 6.04. The first-order valence-corrected chi connectivity index (χ1v) is 7.86. The van der Waals surface area contributed by atoms with Gasteiger partial charge in [-0.25, -0.2) is 4.98 Å². The van der Waals surface area contributed by atoms with Crippen LogP contribution in [0.5, 0.6) is 0 Å². The number of amides is 2. The summed E-state index contributed by atoms with van der Waals surface area (Å²) in [5.41, 5.74) is 0.977. The molecule has 0 aliphatic carbocycles. The number of benzene rings is 1. The molecule has 0 atom stereocenters. The largest absolute Gasteiger partial charge is 0.342 e. The van der Waals surface area contributed by atoms with Gasteiger partial charge in [-0.1, -0.05) is 35.1 Å². The molecule has 2 heterocycles. The highest BCUT2D eigenvalue weighted by molar-refractivity contribution is 7.22. The lowest BCUT2D eigenvalue weighted by Gasteiger charge is -2.04. The number of carbonyl (C=O) groups excluding carboxylic acids is 2. The van der Waals surface area contributed by atoms with E-state index in [1.165, 1.54) is 23.6 Å². The van der Waals surface area contributed by atoms with E-state index in [1.54, 1.807) is 6.07 Å². The quantitative estimate of drug-likeness (QED) is 0.760. The monoisotopic (exact) mass is 346 g/mol. The number of anilines is 1. The number of pyridine rings is 1. The summed E-state index contributed by atoms with van der Waals surface area (Å²) in [7, 11) is 0. The lowest BCUT2D eigenvalue weighted by Crippen LogP contribution is -2.33. The Bertz CT molecular complexity index is 848. The van der Waals surface area contributed by atoms with E-state index >= 15 is 0 Å². The Kier molecular flexibility index (Phi) is 4.50. The fraction of sp³-hybridized carbons (Fsp3) is 0.0667. The minimum atomic E-state index is -0.466. The molecule has 0 unspecified atom stereocenters. The fourth-order valence-electron chi connectivity index (χ4n) is 1.87. The topological polar surface area (TPSA) is 84.0 Å². The number of carbonyl (C=O) groups is 2. The molecular formula is C15H11ClN4O2S. The predicted octanol–water partition coefficient (Wildman–Crippen LogP) is 2.71. The van der Waals surface area contributed by atoms with Crippen LogP contribution in [-0.4, -0.2) is 28.3 Å². The van der Waals surface area contributed by atoms with E-state index in [4.69, 9.17) is 11.6 Å². The van der Waals surface area contributed by atoms with Gasteiger partial charge in [-0.2, -0.15) is 0 Å². The van der Waals surface area contributed by atoms with Crippen molar-refractivity contribution in [3.05, 3.63) is 53.3 Å². The minimum Gasteiger partial charge on any atom is -0.342 e. The number of aromatic nitrogens is 2. The molecule has 1 aromatic carbocycles. The van der Waals surface area contributed by atoms with Gasteiger partial charge in [0.1, 0.15) is 5.69 Å². The number of rotatable bonds is 4. The number of thiazole rings is 1. The van der Waals surface area contributed by atoms with Crippen molar-refractivity contribution in [1.29, 1.82) is 0 Å². The van der Waals surface area contributed by atoms with Gasteiger partial charge in [0.25, 0.3) is 5.91 Å². The van der Waals surface area contributed by atoms with Crippen LogP contribution in [0.4, 0.5) is 5.13 Å². The summed E-state index contributed by atoms with van der Waals surface area (Å²) in [6.45, 7) is -0.178. The highest BCUT2D eigenvalue weighted by atomic mass is 35.5. The third-order valence-electron chi connectivity index (χ3n) is 2.90. The summed E-state index contributed by atoms with van der Waals surface area (Å²) in [6, 6.07) is 10.6. The van der Waals surface area contributed by atoms with Crippen LogP contribution in [0.15, 0.2) is 42.6 Å². The van der Waals surface area contributed by atoms with Gasteiger partial charge in [-0.3, -0.25) is 14.6 Å². The van der Waals surface area contributed by atoms with E-state index in [9.17, 15) is 9.59 Å². The molecule has 0 spiro atoms. The average Bonchev–Trinajstić information content (AvgIpc) is 2.94. The Morgan fingerprint density at radius 1 is 1.22 bits per heavy atom. The second-order valence-electron chi connectivity index (χ2n) is 4.58. The van der Waals surface area contributed by atoms with Gasteiger partial charge in [0.15, 0.2) is 5.13 Å². The van der Waals surface area contributed by atoms with E-state index in [2.05, 4.69) is 20.6 Å². The van der Waals surface area contributed by atoms with Crippen molar-refractivity contribution in [2.75, 3.05) is 11.9 Å². The van der Waals surface area contributed by atoms with Crippen LogP contribution in [0.1, 0.15) is 10.5 Å². The van der Waals surface area contributed by atoms with Crippen LogP contribution in [0.3, 0.4) is 0 Å². The van der Waals surface area contributed by atoms with E-state index in [1.807, 2.05) is 24.3 Å². The molecule has 3 aromatic rings. The third kappa shape index (κ3) is 3.82. The summed E-state index contributed by atoms with van der Waals surface area (Å²) >= 11 is 7.16. The molecule has 0 radical (unpaired) electrons. The lowest BCUT2D eigenvalue weighted by atomic mass is 10.3. The molecular weight excluding hydrogens is 336 g/mol. The van der Waals surface area contributed by atoms with Crippen molar-refractivity contribution in [2.45, 2.75) is 0 Å². The second-order valence-corrected chi connectivity index (χ2v) is 6.04. The first kappa shape index (κ1) is 15.4. The van der Waals surface area contributed by atoms with Gasteiger partial charge in [0.05, 0.1) is 16.8 Å². The maximum atomic E-state index is 11.9. The summed E-state index contributed by atoms with van der Waals surface area (Å²) in [5.74, 6) is -0.827. The standard InChI is InChI=1S/C15H11ClN4O2S/c16-9-5-6-17-11(7-9)14(22)18-8-13(21)20-15-19-10-3-1-2-4-12(10)23-15/h1-7H,8H2,(H,18,22)(H,19,20,21). The fourth-order valence-corrected chi connectivity index (χ4v) is 2.91. The Balaban J connectivity index is 1.58. The molecule has 116 valence electrons. The van der Waals surface area contributed by atoms with Crippen LogP contribution in [-0.2, 0) is 4.79 Å². The highest BCUT2D eigenvalue weighted by Gasteiger charge is 2.11. The van der Waals surface area contributed by atoms with Crippen molar-refractivity contribution in [1.82, 2.24) is 15.3 Å². The van der Waals surface area contributed by atoms with Crippen molar-refractivity contribution in [3.8, 4) is 0 Å². The maximum absolute atomic E-state index is 11.9. The molecule has 6 nitrogen and oxygen atoms in total. The Morgan fingerprint density at radius 3 is 2.83 bits per heavy atom. The molecule has 0 saturated heterocycles. The molecule has 3 rings (SSSR count). The molecule has 2 N–H and O–H groups in total. The zero-order valence-electron chi connectivity index (χ0n) is 11.7. The summed E-state index contributed by atoms with van der Waals surface area (Å²) < 4.78 is 0.981. The molecule has 2 amide bonds. The third-order valence-corrected chi connectivity index (χ3v) is 4.09. The number of nitrogens with one attached hydrogen (secondary N) is 2. The van der Waals surface area contributed by atoms with Crippen LogP contribution < -0.4 is 10.6 Å². The minimum absolute atomic E-state index is 0.158. The maximum Gasteiger partial charge on any atom is 0.270 e. The van der Waals surface area contributed by atoms with E-state index in [-0.39, 0.29) is 18.1 Å². The number of hydrogen-bond acceptors (Lipinski definition) is 5. The van der Waals surface area contributed by atoms with E-state index in [0.717, 1.165) is 10.2 Å². The SMILES string of the molecule is O=C(CNC(=O)c1cc(Cl)ccn1)Nc1nc2ccccc2s1. The van der Waals surface area contributed by atoms with Gasteiger partial charge in [0, 0.05) is 11.2 Å². The zero-order valence-corrected chi connectivity index (χ0v) is 13.3. The average molecular weight is 347 g/mol. The molecule has 0 fully saturated rings. The number of hydrogen-bond donors (Lipinski definition) is 2. The van der Waals surface area contributed by atoms with Crippen molar-refractivity contribution < 1.29 is 9.59 Å². The first-order valence-electron chi connectivity index (χ1n) is 6.67. The normalized spacial score (nSPS) is 10.5. The zero-order chi connectivity index (χ0) is 16.2. The molecule has 2 aromatic heterocycles. The van der Waals surface area contributed by atoms with E-state index in [0.29, 0.717) is 10.2 Å². The van der Waals surface area contributed by atoms with Gasteiger partial charge < -0.3 is 10.6 Å². The van der Waals surface area contributed by atoms with Gasteiger partial charge in [0.2, 0.25) is 5.91 Å². The predicted molar refractivity (Wildman–Crippen MR) is 89.8 cm³/mol. The molecule has 0 aliphatic heterocycles. The van der Waals surface area contributed by atoms with Gasteiger partial charge >= 0.3 is 0 Å². The second kappa shape index (κ2) is 6.72. The Morgan fingerprint density at radius 2 is 2.04 bits per heavy atom. The van der Waals surface area contributed by atoms with Gasteiger partial charge in [-0.05, 0) is 24.3 Å². The molecule has 8 heteroatoms. The molecule has 0 bridgehead atoms. The number of fused-ring (bicyclic) bond motifs is 1. The van der Waals surface area contributed by atoms with Gasteiger partial charge in [-0.15, -0.1) is 0 Å². The van der Waals surface area contributed by atoms with Crippen LogP contribution in [0.2, 0.25) is 5.02 Å². The van der Waals surface area contributed by atoms with E-state index < -0.39 is 5.91 Å². The Hall–Kier alpha value is -2.51. The molecule has 0 saturated carbocycles. The van der Waals surface area contributed by atoms with Crippen molar-refractivity contribution >= 4 is 50.1 Å². The molecule has 0 aliphatic rings. The highest BCUT2D eigenvalue weighted by Crippen LogP contribution is 2.25. The number of halogens is 1. The van der Waals surface area contributed by atoms with Crippen molar-refractivity contribution in [2.24, 2.45) is 0 Å².